The van der Waals surface area contributed by atoms with E-state index >= 15 is 0 Å². The Kier molecular flexibility index (Phi) is 3.75. The molecule has 0 aromatic carbocycles. The van der Waals surface area contributed by atoms with Crippen LogP contribution < -0.4 is 16.2 Å². The minimum absolute atomic E-state index is 0.115. The van der Waals surface area contributed by atoms with E-state index in [0.29, 0.717) is 12.4 Å². The lowest BCUT2D eigenvalue weighted by Crippen LogP contribution is -2.50. The van der Waals surface area contributed by atoms with Crippen molar-refractivity contribution in [3.63, 3.8) is 0 Å². The molecular weight excluding hydrogens is 220 g/mol. The first-order valence-corrected chi connectivity index (χ1v) is 5.79. The Morgan fingerprint density at radius 1 is 1.71 bits per heavy atom. The summed E-state index contributed by atoms with van der Waals surface area (Å²) in [6, 6.07) is 0.115. The standard InChI is InChI=1S/C11H18N4O2/c1-17-9-2-5-15(8(6-9)7-12)10-11(16)14-4-3-13-10/h3-4,8-9H,2,5-7,12H2,1H3,(H,14,16). The van der Waals surface area contributed by atoms with Crippen molar-refractivity contribution in [1.29, 1.82) is 0 Å². The smallest absolute Gasteiger partial charge is 0.290 e. The molecule has 2 atom stereocenters. The molecule has 94 valence electrons. The van der Waals surface area contributed by atoms with Gasteiger partial charge >= 0.3 is 0 Å². The van der Waals surface area contributed by atoms with Crippen molar-refractivity contribution in [1.82, 2.24) is 9.97 Å². The number of aromatic amines is 1. The van der Waals surface area contributed by atoms with Crippen LogP contribution in [0.2, 0.25) is 0 Å². The van der Waals surface area contributed by atoms with Crippen LogP contribution >= 0.6 is 0 Å². The number of hydrogen-bond acceptors (Lipinski definition) is 5. The predicted molar refractivity (Wildman–Crippen MR) is 65.1 cm³/mol. The van der Waals surface area contributed by atoms with Gasteiger partial charge in [0, 0.05) is 38.6 Å². The molecule has 6 heteroatoms. The van der Waals surface area contributed by atoms with Gasteiger partial charge < -0.3 is 20.4 Å². The molecule has 6 nitrogen and oxygen atoms in total. The molecule has 2 heterocycles. The number of hydrogen-bond donors (Lipinski definition) is 2. The van der Waals surface area contributed by atoms with Gasteiger partial charge in [0.1, 0.15) is 0 Å². The maximum atomic E-state index is 11.7. The number of nitrogens with zero attached hydrogens (tertiary/aromatic N) is 2. The highest BCUT2D eigenvalue weighted by atomic mass is 16.5. The lowest BCUT2D eigenvalue weighted by molar-refractivity contribution is 0.0707. The molecule has 3 N–H and O–H groups in total. The Balaban J connectivity index is 2.21. The van der Waals surface area contributed by atoms with Gasteiger partial charge in [0.25, 0.3) is 5.56 Å². The first-order chi connectivity index (χ1) is 8.26. The van der Waals surface area contributed by atoms with Crippen molar-refractivity contribution in [2.45, 2.75) is 25.0 Å². The lowest BCUT2D eigenvalue weighted by Gasteiger charge is -2.38. The molecule has 0 spiro atoms. The minimum atomic E-state index is -0.165. The highest BCUT2D eigenvalue weighted by Gasteiger charge is 2.29. The number of methoxy groups -OCH3 is 1. The van der Waals surface area contributed by atoms with Gasteiger partial charge in [-0.15, -0.1) is 0 Å². The number of ether oxygens (including phenoxy) is 1. The van der Waals surface area contributed by atoms with Gasteiger partial charge in [-0.25, -0.2) is 4.98 Å². The number of nitrogens with one attached hydrogen (secondary N) is 1. The van der Waals surface area contributed by atoms with E-state index in [9.17, 15) is 4.79 Å². The summed E-state index contributed by atoms with van der Waals surface area (Å²) < 4.78 is 5.35. The SMILES string of the molecule is COC1CCN(c2ncc[nH]c2=O)C(CN)C1. The number of rotatable bonds is 3. The summed E-state index contributed by atoms with van der Waals surface area (Å²) >= 11 is 0. The van der Waals surface area contributed by atoms with Gasteiger partial charge in [0.15, 0.2) is 5.82 Å². The second kappa shape index (κ2) is 5.29. The molecule has 2 unspecified atom stereocenters. The fraction of sp³-hybridized carbons (Fsp3) is 0.636. The van der Waals surface area contributed by atoms with Crippen LogP contribution in [-0.2, 0) is 4.74 Å². The van der Waals surface area contributed by atoms with E-state index < -0.39 is 0 Å². The molecule has 1 fully saturated rings. The zero-order valence-electron chi connectivity index (χ0n) is 9.93. The second-order valence-electron chi connectivity index (χ2n) is 4.21. The van der Waals surface area contributed by atoms with Gasteiger partial charge in [0.05, 0.1) is 6.10 Å². The molecule has 1 aromatic rings. The summed E-state index contributed by atoms with van der Waals surface area (Å²) in [6.45, 7) is 1.25. The fourth-order valence-corrected chi connectivity index (χ4v) is 2.28. The normalized spacial score (nSPS) is 24.9. The molecule has 2 rings (SSSR count). The highest BCUT2D eigenvalue weighted by Crippen LogP contribution is 2.21. The molecular formula is C11H18N4O2. The summed E-state index contributed by atoms with van der Waals surface area (Å²) in [5.74, 6) is 0.456. The second-order valence-corrected chi connectivity index (χ2v) is 4.21. The summed E-state index contributed by atoms with van der Waals surface area (Å²) in [5.41, 5.74) is 5.60. The van der Waals surface area contributed by atoms with E-state index in [1.807, 2.05) is 4.90 Å². The van der Waals surface area contributed by atoms with Crippen molar-refractivity contribution < 1.29 is 4.74 Å². The molecule has 17 heavy (non-hydrogen) atoms. The van der Waals surface area contributed by atoms with Crippen LogP contribution in [0.4, 0.5) is 5.82 Å². The highest BCUT2D eigenvalue weighted by molar-refractivity contribution is 5.37. The van der Waals surface area contributed by atoms with E-state index in [2.05, 4.69) is 9.97 Å². The maximum absolute atomic E-state index is 11.7. The summed E-state index contributed by atoms with van der Waals surface area (Å²) in [7, 11) is 1.71. The molecule has 0 amide bonds. The molecule has 0 saturated carbocycles. The average molecular weight is 238 g/mol. The number of nitrogens with two attached hydrogens (primary N) is 1. The lowest BCUT2D eigenvalue weighted by atomic mass is 9.99. The molecule has 1 aliphatic rings. The Morgan fingerprint density at radius 3 is 3.18 bits per heavy atom. The largest absolute Gasteiger partial charge is 0.381 e. The molecule has 1 saturated heterocycles. The minimum Gasteiger partial charge on any atom is -0.381 e. The molecule has 1 aliphatic heterocycles. The molecule has 0 radical (unpaired) electrons. The van der Waals surface area contributed by atoms with Crippen molar-refractivity contribution >= 4 is 5.82 Å². The Labute approximate surface area is 99.8 Å². The number of piperidine rings is 1. The van der Waals surface area contributed by atoms with Crippen LogP contribution in [0.25, 0.3) is 0 Å². The van der Waals surface area contributed by atoms with E-state index in [0.717, 1.165) is 19.4 Å². The molecule has 0 aliphatic carbocycles. The third-order valence-corrected chi connectivity index (χ3v) is 3.23. The first-order valence-electron chi connectivity index (χ1n) is 5.79. The van der Waals surface area contributed by atoms with Crippen LogP contribution in [0, 0.1) is 0 Å². The van der Waals surface area contributed by atoms with E-state index in [1.54, 1.807) is 13.3 Å². The average Bonchev–Trinajstić information content (AvgIpc) is 2.38. The number of aromatic nitrogens is 2. The van der Waals surface area contributed by atoms with Crippen LogP contribution in [0.1, 0.15) is 12.8 Å². The monoisotopic (exact) mass is 238 g/mol. The Morgan fingerprint density at radius 2 is 2.53 bits per heavy atom. The zero-order chi connectivity index (χ0) is 12.3. The van der Waals surface area contributed by atoms with E-state index in [-0.39, 0.29) is 17.7 Å². The van der Waals surface area contributed by atoms with Crippen LogP contribution in [0.15, 0.2) is 17.2 Å². The van der Waals surface area contributed by atoms with Gasteiger partial charge in [-0.05, 0) is 12.8 Å². The summed E-state index contributed by atoms with van der Waals surface area (Å²) in [4.78, 5) is 20.5. The first kappa shape index (κ1) is 12.1. The maximum Gasteiger partial charge on any atom is 0.290 e. The third-order valence-electron chi connectivity index (χ3n) is 3.23. The molecule has 1 aromatic heterocycles. The van der Waals surface area contributed by atoms with Crippen molar-refractivity contribution in [3.8, 4) is 0 Å². The zero-order valence-corrected chi connectivity index (χ0v) is 9.93. The van der Waals surface area contributed by atoms with E-state index in [1.165, 1.54) is 6.20 Å². The predicted octanol–water partition coefficient (Wildman–Crippen LogP) is -0.288. The molecule has 0 bridgehead atoms. The van der Waals surface area contributed by atoms with Gasteiger partial charge in [0.2, 0.25) is 0 Å². The Hall–Kier alpha value is -1.40. The fourth-order valence-electron chi connectivity index (χ4n) is 2.28. The summed E-state index contributed by atoms with van der Waals surface area (Å²) in [5, 5.41) is 0. The number of anilines is 1. The van der Waals surface area contributed by atoms with Gasteiger partial charge in [-0.2, -0.15) is 0 Å². The van der Waals surface area contributed by atoms with E-state index in [4.69, 9.17) is 10.5 Å². The third kappa shape index (κ3) is 2.48. The van der Waals surface area contributed by atoms with Crippen LogP contribution in [0.5, 0.6) is 0 Å². The van der Waals surface area contributed by atoms with Crippen molar-refractivity contribution in [2.75, 3.05) is 25.1 Å². The van der Waals surface area contributed by atoms with Crippen molar-refractivity contribution in [3.05, 3.63) is 22.7 Å². The topological polar surface area (TPSA) is 84.2 Å². The quantitative estimate of drug-likeness (QED) is 0.756. The van der Waals surface area contributed by atoms with Gasteiger partial charge in [-0.3, -0.25) is 4.79 Å². The summed E-state index contributed by atoms with van der Waals surface area (Å²) in [6.07, 6.45) is 5.08. The number of H-pyrrole nitrogens is 1. The van der Waals surface area contributed by atoms with Crippen LogP contribution in [-0.4, -0.2) is 42.3 Å². The van der Waals surface area contributed by atoms with Crippen LogP contribution in [0.3, 0.4) is 0 Å². The Bertz CT molecular complexity index is 420. The van der Waals surface area contributed by atoms with Gasteiger partial charge in [-0.1, -0.05) is 0 Å². The van der Waals surface area contributed by atoms with Crippen molar-refractivity contribution in [2.24, 2.45) is 5.73 Å².